The van der Waals surface area contributed by atoms with Gasteiger partial charge in [-0.05, 0) is 25.0 Å². The number of anilines is 2. The summed E-state index contributed by atoms with van der Waals surface area (Å²) in [5.41, 5.74) is 6.53. The Morgan fingerprint density at radius 1 is 1.24 bits per heavy atom. The maximum atomic E-state index is 12.3. The molecule has 4 N–H and O–H groups in total. The third-order valence-electron chi connectivity index (χ3n) is 4.30. The molecule has 0 saturated carbocycles. The van der Waals surface area contributed by atoms with E-state index in [2.05, 4.69) is 20.2 Å². The fraction of sp³-hybridized carbons (Fsp3) is 0.294. The van der Waals surface area contributed by atoms with E-state index in [0.717, 1.165) is 11.8 Å². The molecule has 0 radical (unpaired) electrons. The summed E-state index contributed by atoms with van der Waals surface area (Å²) < 4.78 is 0. The highest BCUT2D eigenvalue weighted by atomic mass is 16.2. The second-order valence-corrected chi connectivity index (χ2v) is 5.93. The van der Waals surface area contributed by atoms with Crippen molar-refractivity contribution >= 4 is 23.2 Å². The van der Waals surface area contributed by atoms with Crippen molar-refractivity contribution in [2.75, 3.05) is 23.3 Å². The molecule has 2 aromatic rings. The van der Waals surface area contributed by atoms with Gasteiger partial charge in [0.25, 0.3) is 11.5 Å². The predicted octanol–water partition coefficient (Wildman–Crippen LogP) is 0.724. The quantitative estimate of drug-likeness (QED) is 0.757. The topological polar surface area (TPSA) is 121 Å². The summed E-state index contributed by atoms with van der Waals surface area (Å²) in [7, 11) is 0. The van der Waals surface area contributed by atoms with Crippen LogP contribution in [0.4, 0.5) is 11.4 Å². The minimum Gasteiger partial charge on any atom is -0.370 e. The summed E-state index contributed by atoms with van der Waals surface area (Å²) >= 11 is 0. The average Bonchev–Trinajstić information content (AvgIpc) is 2.62. The molecule has 1 fully saturated rings. The third-order valence-corrected chi connectivity index (χ3v) is 4.30. The van der Waals surface area contributed by atoms with Gasteiger partial charge < -0.3 is 20.9 Å². The Labute approximate surface area is 144 Å². The first kappa shape index (κ1) is 16.7. The van der Waals surface area contributed by atoms with E-state index in [-0.39, 0.29) is 23.1 Å². The number of hydrogen-bond donors (Lipinski definition) is 3. The zero-order chi connectivity index (χ0) is 17.8. The molecule has 2 amide bonds. The van der Waals surface area contributed by atoms with Crippen LogP contribution in [0.3, 0.4) is 0 Å². The van der Waals surface area contributed by atoms with Crippen molar-refractivity contribution in [1.82, 2.24) is 9.97 Å². The van der Waals surface area contributed by atoms with Gasteiger partial charge in [-0.2, -0.15) is 0 Å². The second-order valence-electron chi connectivity index (χ2n) is 5.93. The molecule has 0 bridgehead atoms. The van der Waals surface area contributed by atoms with E-state index in [9.17, 15) is 14.4 Å². The number of primary amides is 1. The first-order valence-corrected chi connectivity index (χ1v) is 8.04. The first-order chi connectivity index (χ1) is 12.0. The minimum absolute atomic E-state index is 0.0472. The predicted molar refractivity (Wildman–Crippen MR) is 93.4 cm³/mol. The number of rotatable bonds is 4. The molecule has 1 aliphatic rings. The number of aromatic amines is 1. The number of piperidine rings is 1. The number of H-pyrrole nitrogens is 1. The van der Waals surface area contributed by atoms with E-state index >= 15 is 0 Å². The van der Waals surface area contributed by atoms with Crippen molar-refractivity contribution in [2.45, 2.75) is 12.8 Å². The molecule has 1 aromatic heterocycles. The number of carbonyl (C=O) groups is 2. The van der Waals surface area contributed by atoms with Gasteiger partial charge in [0.05, 0.1) is 17.7 Å². The van der Waals surface area contributed by atoms with Gasteiger partial charge in [-0.15, -0.1) is 0 Å². The molecule has 1 saturated heterocycles. The zero-order valence-corrected chi connectivity index (χ0v) is 13.6. The fourth-order valence-electron chi connectivity index (χ4n) is 2.94. The van der Waals surface area contributed by atoms with Gasteiger partial charge in [0.2, 0.25) is 5.91 Å². The van der Waals surface area contributed by atoms with Gasteiger partial charge in [-0.25, -0.2) is 4.98 Å². The number of para-hydroxylation sites is 2. The van der Waals surface area contributed by atoms with E-state index in [1.54, 1.807) is 6.07 Å². The molecule has 1 aliphatic heterocycles. The van der Waals surface area contributed by atoms with Crippen LogP contribution in [0, 0.1) is 5.92 Å². The second kappa shape index (κ2) is 7.16. The van der Waals surface area contributed by atoms with Crippen molar-refractivity contribution in [1.29, 1.82) is 0 Å². The Morgan fingerprint density at radius 3 is 2.64 bits per heavy atom. The Kier molecular flexibility index (Phi) is 4.78. The smallest absolute Gasteiger partial charge is 0.274 e. The lowest BCUT2D eigenvalue weighted by Crippen LogP contribution is -2.38. The normalized spacial score (nSPS) is 15.0. The molecule has 0 atom stereocenters. The van der Waals surface area contributed by atoms with E-state index < -0.39 is 5.91 Å². The van der Waals surface area contributed by atoms with Gasteiger partial charge in [0.1, 0.15) is 5.69 Å². The molecule has 130 valence electrons. The summed E-state index contributed by atoms with van der Waals surface area (Å²) in [6.45, 7) is 1.37. The maximum Gasteiger partial charge on any atom is 0.274 e. The van der Waals surface area contributed by atoms with Gasteiger partial charge >= 0.3 is 0 Å². The Bertz CT molecular complexity index is 840. The van der Waals surface area contributed by atoms with Crippen LogP contribution in [0.5, 0.6) is 0 Å². The fourth-order valence-corrected chi connectivity index (χ4v) is 2.94. The van der Waals surface area contributed by atoms with Gasteiger partial charge in [0.15, 0.2) is 0 Å². The zero-order valence-electron chi connectivity index (χ0n) is 13.6. The number of amides is 2. The van der Waals surface area contributed by atoms with Crippen molar-refractivity contribution in [3.63, 3.8) is 0 Å². The van der Waals surface area contributed by atoms with Crippen LogP contribution in [0.15, 0.2) is 41.5 Å². The number of carbonyl (C=O) groups excluding carboxylic acids is 2. The summed E-state index contributed by atoms with van der Waals surface area (Å²) in [6.07, 6.45) is 2.57. The van der Waals surface area contributed by atoms with E-state index in [1.165, 1.54) is 6.33 Å². The molecule has 8 nitrogen and oxygen atoms in total. The lowest BCUT2D eigenvalue weighted by Gasteiger charge is -2.33. The van der Waals surface area contributed by atoms with E-state index in [1.807, 2.05) is 18.2 Å². The van der Waals surface area contributed by atoms with Gasteiger partial charge in [0, 0.05) is 25.1 Å². The SMILES string of the molecule is NC(=O)C1CCN(c2ccccc2NC(=O)c2cc(=O)[nH]cn2)CC1. The van der Waals surface area contributed by atoms with Gasteiger partial charge in [-0.3, -0.25) is 14.4 Å². The Morgan fingerprint density at radius 2 is 1.96 bits per heavy atom. The van der Waals surface area contributed by atoms with Gasteiger partial charge in [-0.1, -0.05) is 12.1 Å². The number of nitrogens with zero attached hydrogens (tertiary/aromatic N) is 2. The monoisotopic (exact) mass is 341 g/mol. The Balaban J connectivity index is 1.76. The Hall–Kier alpha value is -3.16. The van der Waals surface area contributed by atoms with Crippen LogP contribution in [0.25, 0.3) is 0 Å². The molecular formula is C17H19N5O3. The van der Waals surface area contributed by atoms with Crippen LogP contribution >= 0.6 is 0 Å². The highest BCUT2D eigenvalue weighted by Gasteiger charge is 2.24. The van der Waals surface area contributed by atoms with Crippen molar-refractivity contribution in [2.24, 2.45) is 11.7 Å². The average molecular weight is 341 g/mol. The largest absolute Gasteiger partial charge is 0.370 e. The third kappa shape index (κ3) is 3.85. The highest BCUT2D eigenvalue weighted by molar-refractivity contribution is 6.04. The van der Waals surface area contributed by atoms with Crippen molar-refractivity contribution in [3.05, 3.63) is 52.7 Å². The molecule has 1 aromatic carbocycles. The van der Waals surface area contributed by atoms with Crippen LogP contribution in [0.2, 0.25) is 0 Å². The molecule has 25 heavy (non-hydrogen) atoms. The number of aromatic nitrogens is 2. The van der Waals surface area contributed by atoms with Crippen molar-refractivity contribution in [3.8, 4) is 0 Å². The molecule has 0 spiro atoms. The number of nitrogens with one attached hydrogen (secondary N) is 2. The number of nitrogens with two attached hydrogens (primary N) is 1. The molecular weight excluding hydrogens is 322 g/mol. The first-order valence-electron chi connectivity index (χ1n) is 8.04. The highest BCUT2D eigenvalue weighted by Crippen LogP contribution is 2.29. The minimum atomic E-state index is -0.453. The molecule has 3 rings (SSSR count). The number of benzene rings is 1. The lowest BCUT2D eigenvalue weighted by atomic mass is 9.96. The van der Waals surface area contributed by atoms with E-state index in [4.69, 9.17) is 5.73 Å². The summed E-state index contributed by atoms with van der Waals surface area (Å²) in [4.78, 5) is 43.3. The standard InChI is InChI=1S/C17H19N5O3/c18-16(24)11-5-7-22(8-6-11)14-4-2-1-3-12(14)21-17(25)13-9-15(23)20-10-19-13/h1-4,9-11H,5-8H2,(H2,18,24)(H,21,25)(H,19,20,23). The summed E-state index contributed by atoms with van der Waals surface area (Å²) in [6, 6.07) is 8.56. The summed E-state index contributed by atoms with van der Waals surface area (Å²) in [5, 5.41) is 2.80. The molecule has 2 heterocycles. The van der Waals surface area contributed by atoms with Crippen LogP contribution in [-0.4, -0.2) is 34.9 Å². The van der Waals surface area contributed by atoms with Crippen LogP contribution in [0.1, 0.15) is 23.3 Å². The van der Waals surface area contributed by atoms with Crippen molar-refractivity contribution < 1.29 is 9.59 Å². The van der Waals surface area contributed by atoms with Crippen LogP contribution < -0.4 is 21.5 Å². The summed E-state index contributed by atoms with van der Waals surface area (Å²) in [5.74, 6) is -0.814. The molecule has 0 unspecified atom stereocenters. The molecule has 8 heteroatoms. The maximum absolute atomic E-state index is 12.3. The lowest BCUT2D eigenvalue weighted by molar-refractivity contribution is -0.122. The van der Waals surface area contributed by atoms with E-state index in [0.29, 0.717) is 31.6 Å². The number of hydrogen-bond acceptors (Lipinski definition) is 5. The van der Waals surface area contributed by atoms with Crippen LogP contribution in [-0.2, 0) is 4.79 Å². The molecule has 0 aliphatic carbocycles.